The van der Waals surface area contributed by atoms with E-state index in [1.165, 1.54) is 6.42 Å². The van der Waals surface area contributed by atoms with E-state index in [0.717, 1.165) is 154 Å². The second kappa shape index (κ2) is 59.3. The van der Waals surface area contributed by atoms with Crippen molar-refractivity contribution in [3.05, 3.63) is 0 Å². The summed E-state index contributed by atoms with van der Waals surface area (Å²) < 4.78 is 68.8. The van der Waals surface area contributed by atoms with Gasteiger partial charge in [0.25, 0.3) is 5.97 Å². The molecular weight excluding hydrogens is 1350 g/mol. The Kier molecular flexibility index (Phi) is 53.7. The maximum atomic E-state index is 10.9. The fourth-order valence-electron chi connectivity index (χ4n) is 12.1. The zero-order chi connectivity index (χ0) is 76.6. The third kappa shape index (κ3) is 53.1. The molecule has 0 amide bonds. The summed E-state index contributed by atoms with van der Waals surface area (Å²) >= 11 is 0. The van der Waals surface area contributed by atoms with Crippen LogP contribution in [0.3, 0.4) is 0 Å². The minimum Gasteiger partial charge on any atom is -0.466 e. The van der Waals surface area contributed by atoms with E-state index < -0.39 is 5.97 Å². The summed E-state index contributed by atoms with van der Waals surface area (Å²) in [5, 5.41) is 0. The van der Waals surface area contributed by atoms with Gasteiger partial charge in [0.05, 0.1) is 98.9 Å². The second-order valence-corrected chi connectivity index (χ2v) is 29.5. The maximum Gasteiger partial charge on any atom is 0.308 e. The van der Waals surface area contributed by atoms with E-state index in [2.05, 4.69) is 76.5 Å². The van der Waals surface area contributed by atoms with Crippen LogP contribution in [0.4, 0.5) is 0 Å². The van der Waals surface area contributed by atoms with Crippen molar-refractivity contribution < 1.29 is 119 Å². The molecule has 1 spiro atoms. The summed E-state index contributed by atoms with van der Waals surface area (Å²) in [6.45, 7) is 28.4. The van der Waals surface area contributed by atoms with Gasteiger partial charge in [-0.3, -0.25) is 52.7 Å². The summed E-state index contributed by atoms with van der Waals surface area (Å²) in [5.41, 5.74) is 0. The summed E-state index contributed by atoms with van der Waals surface area (Å²) in [6, 6.07) is 0. The number of ketones is 1. The van der Waals surface area contributed by atoms with E-state index in [9.17, 15) is 52.7 Å². The van der Waals surface area contributed by atoms with Gasteiger partial charge in [-0.1, -0.05) is 75.2 Å². The number of carbonyl (C=O) groups is 11. The third-order valence-corrected chi connectivity index (χ3v) is 18.5. The van der Waals surface area contributed by atoms with Crippen LogP contribution in [0.25, 0.3) is 0 Å². The van der Waals surface area contributed by atoms with Gasteiger partial charge >= 0.3 is 59.7 Å². The Bertz CT molecular complexity index is 2170. The standard InChI is InChI=1S/C9H16O2.2C8H14O2.3C7H12O2.C6H10O3.C6H10O2.C6H10O.C5H8O3.2C5H8O2/c1-3-8-4-7(2)5-9(10)11-6-8;2*1-6-3-7(2)5-10-8(9)4-6;3*1-6-2-3-7(8)9-5-4-6;1-2-6(7-3-1)8-4-5-9-6;7-6-4-2-1-3-5-8-6;7-6-4-2-1-3-5-6;6-5-1-2-7-3-4-8-5;2*6-5-3-1-2-4-7-5/h7-8H,3-6H2,1-2H3;2*6-7H,3-5H2,1-2H3;3*6H,2-5H2,1H3;1-5H2;1-5H2;1-5H2;1-4H2;2*1-4H2. The van der Waals surface area contributed by atoms with Gasteiger partial charge in [0.1, 0.15) is 12.4 Å². The number of cyclic esters (lactones) is 10. The zero-order valence-electron chi connectivity index (χ0n) is 65.1. The van der Waals surface area contributed by atoms with E-state index in [-0.39, 0.29) is 59.7 Å². The van der Waals surface area contributed by atoms with Crippen LogP contribution in [0.15, 0.2) is 0 Å². The van der Waals surface area contributed by atoms with Crippen molar-refractivity contribution in [2.45, 2.75) is 287 Å². The number of ether oxygens (including phenoxy) is 14. The van der Waals surface area contributed by atoms with Gasteiger partial charge in [0.2, 0.25) is 0 Å². The molecule has 104 heavy (non-hydrogen) atoms. The predicted octanol–water partition coefficient (Wildman–Crippen LogP) is 13.7. The molecule has 0 aromatic carbocycles. The van der Waals surface area contributed by atoms with Gasteiger partial charge in [0, 0.05) is 77.0 Å². The Hall–Kier alpha value is -5.79. The molecule has 25 nitrogen and oxygen atoms in total. The fourth-order valence-corrected chi connectivity index (χ4v) is 12.1. The first kappa shape index (κ1) is 94.3. The highest BCUT2D eigenvalue weighted by atomic mass is 16.9. The highest BCUT2D eigenvalue weighted by molar-refractivity contribution is 5.79. The lowest BCUT2D eigenvalue weighted by Gasteiger charge is -2.18. The molecule has 0 N–H and O–H groups in total. The molecule has 0 bridgehead atoms. The number of hydrogen-bond acceptors (Lipinski definition) is 25. The van der Waals surface area contributed by atoms with Crippen LogP contribution >= 0.6 is 0 Å². The Morgan fingerprint density at radius 3 is 1.01 bits per heavy atom. The number of rotatable bonds is 1. The molecule has 12 aliphatic heterocycles. The molecule has 0 radical (unpaired) electrons. The van der Waals surface area contributed by atoms with Crippen molar-refractivity contribution in [3.63, 3.8) is 0 Å². The number of Topliss-reactive ketones (excluding diaryl/α,β-unsaturated/α-hetero) is 1. The molecule has 1 saturated carbocycles. The molecule has 13 rings (SSSR count). The van der Waals surface area contributed by atoms with Crippen LogP contribution in [0.1, 0.15) is 281 Å². The molecule has 12 heterocycles. The van der Waals surface area contributed by atoms with E-state index >= 15 is 0 Å². The molecule has 0 aromatic heterocycles. The Balaban J connectivity index is 0.000000386. The van der Waals surface area contributed by atoms with Crippen molar-refractivity contribution >= 4 is 65.5 Å². The van der Waals surface area contributed by atoms with E-state index in [1.54, 1.807) is 0 Å². The van der Waals surface area contributed by atoms with Crippen LogP contribution in [-0.2, 0) is 119 Å². The SMILES string of the molecule is C1COC2(C1)OCCO2.CC1CCOC(=O)CC1.CC1CCOC(=O)CC1.CC1CCOC(=O)CC1.CC1COC(=O)CC(C)C1.CC1COC(=O)CC(C)C1.CCC1COC(=O)CC(C)C1.O=C1CCCCC1.O=C1CCCCCO1.O=C1CCCCO1.O=C1CCCCO1.O=C1CCOCCO1. The third-order valence-electron chi connectivity index (χ3n) is 18.5. The Morgan fingerprint density at radius 1 is 0.269 bits per heavy atom. The first-order chi connectivity index (χ1) is 49.8. The molecule has 600 valence electrons. The van der Waals surface area contributed by atoms with Gasteiger partial charge in [-0.15, -0.1) is 0 Å². The zero-order valence-corrected chi connectivity index (χ0v) is 65.1. The van der Waals surface area contributed by atoms with E-state index in [4.69, 9.17) is 52.1 Å². The molecule has 12 saturated heterocycles. The van der Waals surface area contributed by atoms with Crippen LogP contribution in [0.5, 0.6) is 0 Å². The lowest BCUT2D eigenvalue weighted by atomic mass is 9.93. The normalized spacial score (nSPS) is 28.2. The molecule has 25 heteroatoms. The van der Waals surface area contributed by atoms with Gasteiger partial charge in [-0.05, 0) is 175 Å². The first-order valence-corrected chi connectivity index (χ1v) is 39.4. The Morgan fingerprint density at radius 2 is 0.615 bits per heavy atom. The topological polar surface area (TPSA) is 317 Å². The minimum absolute atomic E-state index is 0.0200. The largest absolute Gasteiger partial charge is 0.466 e. The van der Waals surface area contributed by atoms with Crippen molar-refractivity contribution in [2.24, 2.45) is 53.3 Å². The molecule has 1 aliphatic carbocycles. The Labute approximate surface area is 621 Å². The smallest absolute Gasteiger partial charge is 0.308 e. The number of carbonyl (C=O) groups excluding carboxylic acids is 11. The van der Waals surface area contributed by atoms with Crippen molar-refractivity contribution in [1.29, 1.82) is 0 Å². The van der Waals surface area contributed by atoms with Crippen LogP contribution in [0.2, 0.25) is 0 Å². The van der Waals surface area contributed by atoms with Gasteiger partial charge in [-0.25, -0.2) is 0 Å². The number of hydrogen-bond donors (Lipinski definition) is 0. The van der Waals surface area contributed by atoms with Crippen LogP contribution < -0.4 is 0 Å². The summed E-state index contributed by atoms with van der Waals surface area (Å²) in [5.74, 6) is 4.63. The molecule has 9 unspecified atom stereocenters. The van der Waals surface area contributed by atoms with E-state index in [1.807, 2.05) is 0 Å². The minimum atomic E-state index is -0.611. The monoisotopic (exact) mass is 1480 g/mol. The molecule has 9 atom stereocenters. The van der Waals surface area contributed by atoms with Crippen molar-refractivity contribution in [1.82, 2.24) is 0 Å². The summed E-state index contributed by atoms with van der Waals surface area (Å²) in [6.07, 6.45) is 31.0. The van der Waals surface area contributed by atoms with E-state index in [0.29, 0.717) is 216 Å². The van der Waals surface area contributed by atoms with Crippen LogP contribution in [-0.4, -0.2) is 171 Å². The van der Waals surface area contributed by atoms with Crippen LogP contribution in [0, 0.1) is 53.3 Å². The molecule has 0 aromatic rings. The second-order valence-electron chi connectivity index (χ2n) is 29.5. The summed E-state index contributed by atoms with van der Waals surface area (Å²) in [7, 11) is 0. The average molecular weight is 1480 g/mol. The van der Waals surface area contributed by atoms with Gasteiger partial charge in [-0.2, -0.15) is 0 Å². The summed E-state index contributed by atoms with van der Waals surface area (Å²) in [4.78, 5) is 116. The van der Waals surface area contributed by atoms with Gasteiger partial charge < -0.3 is 66.3 Å². The number of esters is 10. The maximum absolute atomic E-state index is 10.9. The highest BCUT2D eigenvalue weighted by Gasteiger charge is 2.41. The lowest BCUT2D eigenvalue weighted by molar-refractivity contribution is -0.307. The quantitative estimate of drug-likeness (QED) is 0.174. The first-order valence-electron chi connectivity index (χ1n) is 39.4. The lowest BCUT2D eigenvalue weighted by Crippen LogP contribution is -2.27. The fraction of sp³-hybridized carbons (Fsp3) is 0.861. The highest BCUT2D eigenvalue weighted by Crippen LogP contribution is 2.31. The van der Waals surface area contributed by atoms with Crippen molar-refractivity contribution in [3.8, 4) is 0 Å². The van der Waals surface area contributed by atoms with Gasteiger partial charge in [0.15, 0.2) is 0 Å². The molecule has 13 fully saturated rings. The average Bonchev–Trinajstić information content (AvgIpc) is 1.70. The van der Waals surface area contributed by atoms with Crippen molar-refractivity contribution in [2.75, 3.05) is 99.1 Å². The molecular formula is C79H134O25. The molecule has 13 aliphatic rings. The predicted molar refractivity (Wildman–Crippen MR) is 385 cm³/mol.